The third kappa shape index (κ3) is 5.78. The van der Waals surface area contributed by atoms with Crippen LogP contribution in [0.2, 0.25) is 0 Å². The van der Waals surface area contributed by atoms with Crippen LogP contribution in [0.5, 0.6) is 0 Å². The van der Waals surface area contributed by atoms with Crippen molar-refractivity contribution in [2.24, 2.45) is 0 Å². The summed E-state index contributed by atoms with van der Waals surface area (Å²) in [4.78, 5) is 0. The molecule has 19 heavy (non-hydrogen) atoms. The summed E-state index contributed by atoms with van der Waals surface area (Å²) in [6.45, 7) is 7.88. The Balaban J connectivity index is 2.60. The molecule has 0 saturated carbocycles. The molecule has 0 aliphatic rings. The van der Waals surface area contributed by atoms with Gasteiger partial charge in [-0.15, -0.1) is 0 Å². The van der Waals surface area contributed by atoms with Crippen molar-refractivity contribution in [3.05, 3.63) is 35.9 Å². The molecule has 0 aliphatic carbocycles. The lowest BCUT2D eigenvalue weighted by Crippen LogP contribution is -2.34. The highest BCUT2D eigenvalue weighted by atomic mass is 14.9. The molecule has 0 heterocycles. The number of hydrogen-bond acceptors (Lipinski definition) is 1. The molecule has 108 valence electrons. The molecule has 0 amide bonds. The van der Waals surface area contributed by atoms with Gasteiger partial charge in [-0.1, -0.05) is 76.8 Å². The van der Waals surface area contributed by atoms with E-state index in [-0.39, 0.29) is 0 Å². The van der Waals surface area contributed by atoms with Gasteiger partial charge in [0, 0.05) is 6.04 Å². The highest BCUT2D eigenvalue weighted by molar-refractivity contribution is 5.21. The summed E-state index contributed by atoms with van der Waals surface area (Å²) in [5.41, 5.74) is 1.49. The molecule has 1 aromatic rings. The van der Waals surface area contributed by atoms with Gasteiger partial charge in [0.05, 0.1) is 0 Å². The first-order valence-electron chi connectivity index (χ1n) is 8.11. The van der Waals surface area contributed by atoms with Crippen molar-refractivity contribution in [2.75, 3.05) is 6.54 Å². The molecule has 0 fully saturated rings. The van der Waals surface area contributed by atoms with Gasteiger partial charge in [0.15, 0.2) is 0 Å². The molecule has 0 aromatic heterocycles. The number of unbranched alkanes of at least 4 members (excludes halogenated alkanes) is 3. The lowest BCUT2D eigenvalue weighted by Gasteiger charge is -2.27. The summed E-state index contributed by atoms with van der Waals surface area (Å²) in [7, 11) is 0. The van der Waals surface area contributed by atoms with Crippen molar-refractivity contribution >= 4 is 0 Å². The molecule has 1 aromatic carbocycles. The largest absolute Gasteiger partial charge is 0.314 e. The summed E-state index contributed by atoms with van der Waals surface area (Å²) >= 11 is 0. The van der Waals surface area contributed by atoms with E-state index in [1.807, 2.05) is 0 Å². The Bertz CT molecular complexity index is 307. The van der Waals surface area contributed by atoms with Crippen molar-refractivity contribution in [1.82, 2.24) is 5.32 Å². The fourth-order valence-corrected chi connectivity index (χ4v) is 2.95. The standard InChI is InChI=1S/C18H31N/c1-4-7-8-12-15-18(19-6-3)17(5-2)16-13-10-9-11-14-16/h9-11,13-14,17-19H,4-8,12,15H2,1-3H3. The van der Waals surface area contributed by atoms with E-state index in [1.54, 1.807) is 0 Å². The summed E-state index contributed by atoms with van der Waals surface area (Å²) in [5.74, 6) is 0.655. The Morgan fingerprint density at radius 3 is 2.26 bits per heavy atom. The maximum atomic E-state index is 3.71. The molecule has 1 nitrogen and oxygen atoms in total. The molecule has 0 spiro atoms. The van der Waals surface area contributed by atoms with Gasteiger partial charge in [0.25, 0.3) is 0 Å². The molecule has 2 unspecified atom stereocenters. The second kappa shape index (κ2) is 10.0. The van der Waals surface area contributed by atoms with Gasteiger partial charge in [0.1, 0.15) is 0 Å². The molecule has 0 saturated heterocycles. The second-order valence-corrected chi connectivity index (χ2v) is 5.44. The van der Waals surface area contributed by atoms with Crippen molar-refractivity contribution in [1.29, 1.82) is 0 Å². The Morgan fingerprint density at radius 1 is 0.947 bits per heavy atom. The SMILES string of the molecule is CCCCCCC(NCC)C(CC)c1ccccc1. The minimum Gasteiger partial charge on any atom is -0.314 e. The van der Waals surface area contributed by atoms with Crippen LogP contribution in [-0.4, -0.2) is 12.6 Å². The lowest BCUT2D eigenvalue weighted by molar-refractivity contribution is 0.392. The fourth-order valence-electron chi connectivity index (χ4n) is 2.95. The zero-order valence-corrected chi connectivity index (χ0v) is 13.0. The van der Waals surface area contributed by atoms with Crippen LogP contribution >= 0.6 is 0 Å². The number of likely N-dealkylation sites (N-methyl/N-ethyl adjacent to an activating group) is 1. The lowest BCUT2D eigenvalue weighted by atomic mass is 9.86. The van der Waals surface area contributed by atoms with Gasteiger partial charge in [-0.2, -0.15) is 0 Å². The monoisotopic (exact) mass is 261 g/mol. The average molecular weight is 261 g/mol. The zero-order valence-electron chi connectivity index (χ0n) is 13.0. The van der Waals surface area contributed by atoms with Crippen LogP contribution < -0.4 is 5.32 Å². The van der Waals surface area contributed by atoms with Crippen LogP contribution in [0.1, 0.15) is 70.8 Å². The topological polar surface area (TPSA) is 12.0 Å². The normalized spacial score (nSPS) is 14.3. The van der Waals surface area contributed by atoms with Crippen molar-refractivity contribution in [3.63, 3.8) is 0 Å². The summed E-state index contributed by atoms with van der Waals surface area (Å²) in [5, 5.41) is 3.71. The Kier molecular flexibility index (Phi) is 8.57. The third-order valence-corrected chi connectivity index (χ3v) is 3.99. The van der Waals surface area contributed by atoms with Gasteiger partial charge in [-0.05, 0) is 30.9 Å². The Hall–Kier alpha value is -0.820. The van der Waals surface area contributed by atoms with Crippen LogP contribution in [0.4, 0.5) is 0 Å². The first-order valence-corrected chi connectivity index (χ1v) is 8.11. The van der Waals surface area contributed by atoms with Crippen LogP contribution in [0.3, 0.4) is 0 Å². The van der Waals surface area contributed by atoms with Crippen LogP contribution in [-0.2, 0) is 0 Å². The molecule has 1 heteroatoms. The average Bonchev–Trinajstić information content (AvgIpc) is 2.45. The Morgan fingerprint density at radius 2 is 1.68 bits per heavy atom. The molecular formula is C18H31N. The number of hydrogen-bond donors (Lipinski definition) is 1. The highest BCUT2D eigenvalue weighted by Gasteiger charge is 2.20. The van der Waals surface area contributed by atoms with Gasteiger partial charge in [-0.3, -0.25) is 0 Å². The molecular weight excluding hydrogens is 230 g/mol. The predicted octanol–water partition coefficient (Wildman–Crippen LogP) is 5.13. The summed E-state index contributed by atoms with van der Waals surface area (Å²) < 4.78 is 0. The van der Waals surface area contributed by atoms with E-state index >= 15 is 0 Å². The third-order valence-electron chi connectivity index (χ3n) is 3.99. The quantitative estimate of drug-likeness (QED) is 0.576. The summed E-state index contributed by atoms with van der Waals surface area (Å²) in [6, 6.07) is 11.6. The maximum absolute atomic E-state index is 3.71. The number of benzene rings is 1. The number of rotatable bonds is 10. The molecule has 0 bridgehead atoms. The minimum atomic E-state index is 0.634. The van der Waals surface area contributed by atoms with E-state index in [2.05, 4.69) is 56.4 Å². The first kappa shape index (κ1) is 16.2. The van der Waals surface area contributed by atoms with E-state index in [4.69, 9.17) is 0 Å². The van der Waals surface area contributed by atoms with Gasteiger partial charge >= 0.3 is 0 Å². The smallest absolute Gasteiger partial charge is 0.0136 e. The van der Waals surface area contributed by atoms with E-state index in [1.165, 1.54) is 44.1 Å². The highest BCUT2D eigenvalue weighted by Crippen LogP contribution is 2.26. The van der Waals surface area contributed by atoms with Crippen molar-refractivity contribution in [3.8, 4) is 0 Å². The minimum absolute atomic E-state index is 0.634. The summed E-state index contributed by atoms with van der Waals surface area (Å²) in [6.07, 6.45) is 7.96. The van der Waals surface area contributed by atoms with Crippen molar-refractivity contribution in [2.45, 2.75) is 71.3 Å². The predicted molar refractivity (Wildman–Crippen MR) is 85.7 cm³/mol. The van der Waals surface area contributed by atoms with E-state index in [9.17, 15) is 0 Å². The van der Waals surface area contributed by atoms with Crippen LogP contribution in [0.15, 0.2) is 30.3 Å². The van der Waals surface area contributed by atoms with E-state index < -0.39 is 0 Å². The number of nitrogens with one attached hydrogen (secondary N) is 1. The van der Waals surface area contributed by atoms with Gasteiger partial charge in [0.2, 0.25) is 0 Å². The zero-order chi connectivity index (χ0) is 13.9. The van der Waals surface area contributed by atoms with Crippen molar-refractivity contribution < 1.29 is 0 Å². The van der Waals surface area contributed by atoms with E-state index in [0.717, 1.165) is 6.54 Å². The molecule has 0 aliphatic heterocycles. The maximum Gasteiger partial charge on any atom is 0.0136 e. The van der Waals surface area contributed by atoms with Gasteiger partial charge in [-0.25, -0.2) is 0 Å². The molecule has 1 N–H and O–H groups in total. The Labute approximate surface area is 119 Å². The molecule has 0 radical (unpaired) electrons. The molecule has 2 atom stereocenters. The first-order chi connectivity index (χ1) is 9.33. The van der Waals surface area contributed by atoms with E-state index in [0.29, 0.717) is 12.0 Å². The van der Waals surface area contributed by atoms with Gasteiger partial charge < -0.3 is 5.32 Å². The molecule has 1 rings (SSSR count). The fraction of sp³-hybridized carbons (Fsp3) is 0.667. The van der Waals surface area contributed by atoms with Crippen LogP contribution in [0, 0.1) is 0 Å². The van der Waals surface area contributed by atoms with Crippen LogP contribution in [0.25, 0.3) is 0 Å². The second-order valence-electron chi connectivity index (χ2n) is 5.44.